The van der Waals surface area contributed by atoms with Gasteiger partial charge < -0.3 is 10.5 Å². The smallest absolute Gasteiger partial charge is 0.153 e. The fraction of sp³-hybridized carbons (Fsp3) is 0.368. The molecule has 0 radical (unpaired) electrons. The van der Waals surface area contributed by atoms with Gasteiger partial charge in [-0.2, -0.15) is 0 Å². The van der Waals surface area contributed by atoms with Crippen LogP contribution in [0.15, 0.2) is 36.5 Å². The number of nitrogen functional groups attached to an aromatic ring is 1. The molecule has 4 rings (SSSR count). The molecule has 124 valence electrons. The second-order valence-corrected chi connectivity index (χ2v) is 7.01. The highest BCUT2D eigenvalue weighted by atomic mass is 16.5. The molecule has 5 nitrogen and oxygen atoms in total. The molecule has 1 aromatic heterocycles. The largest absolute Gasteiger partial charge is 0.383 e. The number of nitrogens with two attached hydrogens (primary N) is 1. The van der Waals surface area contributed by atoms with E-state index in [0.717, 1.165) is 43.7 Å². The predicted molar refractivity (Wildman–Crippen MR) is 92.7 cm³/mol. The number of hydrogen-bond acceptors (Lipinski definition) is 5. The fourth-order valence-corrected chi connectivity index (χ4v) is 3.57. The van der Waals surface area contributed by atoms with Gasteiger partial charge in [-0.25, -0.2) is 4.98 Å². The van der Waals surface area contributed by atoms with Crippen LogP contribution in [-0.4, -0.2) is 42.5 Å². The Morgan fingerprint density at radius 2 is 1.96 bits per heavy atom. The number of nitrogens with zero attached hydrogens (tertiary/aromatic N) is 2. The summed E-state index contributed by atoms with van der Waals surface area (Å²) in [6.45, 7) is 6.33. The van der Waals surface area contributed by atoms with Crippen molar-refractivity contribution in [3.05, 3.63) is 47.7 Å². The third-order valence-electron chi connectivity index (χ3n) is 5.24. The molecule has 5 heteroatoms. The van der Waals surface area contributed by atoms with Crippen LogP contribution in [0.2, 0.25) is 0 Å². The first-order valence-corrected chi connectivity index (χ1v) is 8.23. The number of hydrogen-bond donors (Lipinski definition) is 1. The van der Waals surface area contributed by atoms with Crippen molar-refractivity contribution in [1.82, 2.24) is 9.88 Å². The molecule has 1 spiro atoms. The lowest BCUT2D eigenvalue weighted by Gasteiger charge is -2.57. The summed E-state index contributed by atoms with van der Waals surface area (Å²) in [5, 5.41) is 0. The van der Waals surface area contributed by atoms with Gasteiger partial charge in [0.25, 0.3) is 0 Å². The second-order valence-electron chi connectivity index (χ2n) is 7.01. The summed E-state index contributed by atoms with van der Waals surface area (Å²) >= 11 is 0. The first-order chi connectivity index (χ1) is 11.6. The summed E-state index contributed by atoms with van der Waals surface area (Å²) in [5.74, 6) is 0.269. The maximum absolute atomic E-state index is 11.0. The Bertz CT molecular complexity index is 761. The molecule has 24 heavy (non-hydrogen) atoms. The van der Waals surface area contributed by atoms with Crippen LogP contribution in [0.25, 0.3) is 11.1 Å². The van der Waals surface area contributed by atoms with E-state index >= 15 is 0 Å². The molecular weight excluding hydrogens is 302 g/mol. The van der Waals surface area contributed by atoms with Crippen LogP contribution >= 0.6 is 0 Å². The number of anilines is 1. The van der Waals surface area contributed by atoms with Crippen molar-refractivity contribution in [3.8, 4) is 11.1 Å². The lowest BCUT2D eigenvalue weighted by molar-refractivity contribution is -0.197. The number of aldehydes is 1. The minimum atomic E-state index is 0.269. The van der Waals surface area contributed by atoms with Gasteiger partial charge in [-0.05, 0) is 24.1 Å². The molecule has 2 saturated heterocycles. The molecule has 0 aliphatic carbocycles. The zero-order valence-electron chi connectivity index (χ0n) is 13.7. The quantitative estimate of drug-likeness (QED) is 0.876. The highest BCUT2D eigenvalue weighted by Gasteiger charge is 2.50. The molecule has 1 aromatic carbocycles. The number of rotatable bonds is 4. The average Bonchev–Trinajstić information content (AvgIpc) is 2.53. The van der Waals surface area contributed by atoms with Crippen LogP contribution in [0.3, 0.4) is 0 Å². The van der Waals surface area contributed by atoms with Crippen molar-refractivity contribution in [1.29, 1.82) is 0 Å². The van der Waals surface area contributed by atoms with Crippen molar-refractivity contribution >= 4 is 12.1 Å². The molecule has 0 saturated carbocycles. The van der Waals surface area contributed by atoms with Crippen LogP contribution in [0.5, 0.6) is 0 Å². The number of aromatic nitrogens is 1. The highest BCUT2D eigenvalue weighted by Crippen LogP contribution is 2.42. The SMILES string of the molecule is CC(c1ccc(-c2cnc(N)c(C=O)c2)cc1)N1CC2(COC2)C1. The molecule has 2 N–H and O–H groups in total. The molecule has 0 amide bonds. The van der Waals surface area contributed by atoms with Crippen molar-refractivity contribution in [2.75, 3.05) is 32.0 Å². The molecule has 1 unspecified atom stereocenters. The van der Waals surface area contributed by atoms with E-state index in [-0.39, 0.29) is 5.82 Å². The zero-order chi connectivity index (χ0) is 16.7. The van der Waals surface area contributed by atoms with E-state index < -0.39 is 0 Å². The van der Waals surface area contributed by atoms with Gasteiger partial charge in [0.2, 0.25) is 0 Å². The number of pyridine rings is 1. The Morgan fingerprint density at radius 1 is 1.25 bits per heavy atom. The Morgan fingerprint density at radius 3 is 2.54 bits per heavy atom. The van der Waals surface area contributed by atoms with Gasteiger partial charge >= 0.3 is 0 Å². The first kappa shape index (κ1) is 15.3. The van der Waals surface area contributed by atoms with Crippen LogP contribution in [0.1, 0.15) is 28.9 Å². The van der Waals surface area contributed by atoms with E-state index in [0.29, 0.717) is 17.0 Å². The predicted octanol–water partition coefficient (Wildman–Crippen LogP) is 2.54. The van der Waals surface area contributed by atoms with Crippen molar-refractivity contribution in [2.24, 2.45) is 5.41 Å². The molecule has 3 heterocycles. The topological polar surface area (TPSA) is 68.5 Å². The van der Waals surface area contributed by atoms with Crippen LogP contribution in [-0.2, 0) is 4.74 Å². The number of likely N-dealkylation sites (tertiary alicyclic amines) is 1. The monoisotopic (exact) mass is 323 g/mol. The van der Waals surface area contributed by atoms with Crippen LogP contribution < -0.4 is 5.73 Å². The van der Waals surface area contributed by atoms with Crippen LogP contribution in [0, 0.1) is 5.41 Å². The van der Waals surface area contributed by atoms with Crippen molar-refractivity contribution in [2.45, 2.75) is 13.0 Å². The average molecular weight is 323 g/mol. The lowest BCUT2D eigenvalue weighted by atomic mass is 9.76. The van der Waals surface area contributed by atoms with E-state index in [1.54, 1.807) is 12.3 Å². The normalized spacial score (nSPS) is 20.2. The molecule has 2 aliphatic rings. The summed E-state index contributed by atoms with van der Waals surface area (Å²) in [5.41, 5.74) is 9.78. The summed E-state index contributed by atoms with van der Waals surface area (Å²) in [7, 11) is 0. The van der Waals surface area contributed by atoms with E-state index in [2.05, 4.69) is 41.1 Å². The van der Waals surface area contributed by atoms with Gasteiger partial charge in [-0.15, -0.1) is 0 Å². The number of carbonyl (C=O) groups excluding carboxylic acids is 1. The Hall–Kier alpha value is -2.24. The first-order valence-electron chi connectivity index (χ1n) is 8.23. The summed E-state index contributed by atoms with van der Waals surface area (Å²) in [6, 6.07) is 10.6. The molecular formula is C19H21N3O2. The zero-order valence-corrected chi connectivity index (χ0v) is 13.7. The third kappa shape index (κ3) is 2.50. The van der Waals surface area contributed by atoms with Crippen LogP contribution in [0.4, 0.5) is 5.82 Å². The minimum absolute atomic E-state index is 0.269. The highest BCUT2D eigenvalue weighted by molar-refractivity contribution is 5.84. The number of ether oxygens (including phenoxy) is 1. The number of benzene rings is 1. The van der Waals surface area contributed by atoms with Crippen molar-refractivity contribution in [3.63, 3.8) is 0 Å². The Labute approximate surface area is 141 Å². The van der Waals surface area contributed by atoms with Crippen molar-refractivity contribution < 1.29 is 9.53 Å². The van der Waals surface area contributed by atoms with Gasteiger partial charge in [-0.1, -0.05) is 24.3 Å². The van der Waals surface area contributed by atoms with E-state index in [4.69, 9.17) is 10.5 Å². The molecule has 1 atom stereocenters. The van der Waals surface area contributed by atoms with Gasteiger partial charge in [-0.3, -0.25) is 9.69 Å². The lowest BCUT2D eigenvalue weighted by Crippen LogP contribution is -2.66. The van der Waals surface area contributed by atoms with Gasteiger partial charge in [0.05, 0.1) is 18.8 Å². The van der Waals surface area contributed by atoms with Gasteiger partial charge in [0.15, 0.2) is 6.29 Å². The third-order valence-corrected chi connectivity index (χ3v) is 5.24. The van der Waals surface area contributed by atoms with E-state index in [9.17, 15) is 4.79 Å². The molecule has 2 fully saturated rings. The fourth-order valence-electron chi connectivity index (χ4n) is 3.57. The summed E-state index contributed by atoms with van der Waals surface area (Å²) in [6.07, 6.45) is 2.45. The Kier molecular flexibility index (Phi) is 3.62. The summed E-state index contributed by atoms with van der Waals surface area (Å²) < 4.78 is 5.34. The number of carbonyl (C=O) groups is 1. The van der Waals surface area contributed by atoms with E-state index in [1.165, 1.54) is 5.56 Å². The second kappa shape index (κ2) is 5.69. The maximum atomic E-state index is 11.0. The molecule has 2 aromatic rings. The standard InChI is InChI=1S/C19H21N3O2/c1-13(22-9-19(10-22)11-24-12-19)14-2-4-15(5-3-14)16-6-17(8-23)18(20)21-7-16/h2-8,13H,9-12H2,1H3,(H2,20,21). The summed E-state index contributed by atoms with van der Waals surface area (Å²) in [4.78, 5) is 17.6. The van der Waals surface area contributed by atoms with Gasteiger partial charge in [0.1, 0.15) is 5.82 Å². The maximum Gasteiger partial charge on any atom is 0.153 e. The Balaban J connectivity index is 1.49. The molecule has 0 bridgehead atoms. The molecule has 2 aliphatic heterocycles. The van der Waals surface area contributed by atoms with E-state index in [1.807, 2.05) is 0 Å². The van der Waals surface area contributed by atoms with Gasteiger partial charge in [0, 0.05) is 36.3 Å². The minimum Gasteiger partial charge on any atom is -0.383 e.